The number of halogens is 3. The Morgan fingerprint density at radius 2 is 1.97 bits per heavy atom. The highest BCUT2D eigenvalue weighted by atomic mass is 28.3. The summed E-state index contributed by atoms with van der Waals surface area (Å²) in [7, 11) is 0.138. The Labute approximate surface area is 173 Å². The van der Waals surface area contributed by atoms with Crippen LogP contribution in [0.5, 0.6) is 0 Å². The number of ether oxygens (including phenoxy) is 2. The van der Waals surface area contributed by atoms with Gasteiger partial charge in [0.2, 0.25) is 5.82 Å². The standard InChI is InChI=1S/C18H26F3N5O3Si/c1-28-6-5-22-14-9-13(10-23-15(14)11-27)16-24-25-17(18(19,20)21)26(16)12-29-7-8-30(2,3)4/h9-11,22H,5-8,12H2,1-4H3. The highest BCUT2D eigenvalue weighted by molar-refractivity contribution is 6.76. The van der Waals surface area contributed by atoms with Crippen LogP contribution in [0, 0.1) is 0 Å². The van der Waals surface area contributed by atoms with Gasteiger partial charge in [0.05, 0.1) is 12.3 Å². The number of hydrogen-bond donors (Lipinski definition) is 1. The monoisotopic (exact) mass is 445 g/mol. The minimum atomic E-state index is -4.69. The fourth-order valence-electron chi connectivity index (χ4n) is 2.50. The van der Waals surface area contributed by atoms with Crippen LogP contribution in [0.25, 0.3) is 11.4 Å². The van der Waals surface area contributed by atoms with Crippen molar-refractivity contribution < 1.29 is 27.4 Å². The number of nitrogens with zero attached hydrogens (tertiary/aromatic N) is 4. The van der Waals surface area contributed by atoms with Crippen LogP contribution < -0.4 is 5.32 Å². The normalized spacial score (nSPS) is 12.2. The van der Waals surface area contributed by atoms with Crippen LogP contribution in [0.1, 0.15) is 16.3 Å². The van der Waals surface area contributed by atoms with E-state index in [4.69, 9.17) is 9.47 Å². The van der Waals surface area contributed by atoms with E-state index in [1.807, 2.05) is 0 Å². The minimum Gasteiger partial charge on any atom is -0.383 e. The molecule has 166 valence electrons. The number of pyridine rings is 1. The molecule has 0 amide bonds. The predicted octanol–water partition coefficient (Wildman–Crippen LogP) is 3.54. The molecule has 0 spiro atoms. The maximum atomic E-state index is 13.4. The number of hydrogen-bond acceptors (Lipinski definition) is 7. The third-order valence-corrected chi connectivity index (χ3v) is 5.84. The van der Waals surface area contributed by atoms with E-state index >= 15 is 0 Å². The zero-order valence-corrected chi connectivity index (χ0v) is 18.4. The molecule has 0 atom stereocenters. The quantitative estimate of drug-likeness (QED) is 0.321. The van der Waals surface area contributed by atoms with Crippen LogP contribution in [0.4, 0.5) is 18.9 Å². The van der Waals surface area contributed by atoms with Gasteiger partial charge in [-0.2, -0.15) is 13.2 Å². The second-order valence-corrected chi connectivity index (χ2v) is 13.4. The first-order valence-corrected chi connectivity index (χ1v) is 13.0. The lowest BCUT2D eigenvalue weighted by atomic mass is 10.2. The van der Waals surface area contributed by atoms with Crippen LogP contribution in [0.3, 0.4) is 0 Å². The van der Waals surface area contributed by atoms with Gasteiger partial charge < -0.3 is 14.8 Å². The Hall–Kier alpha value is -2.31. The Morgan fingerprint density at radius 3 is 2.57 bits per heavy atom. The van der Waals surface area contributed by atoms with Crippen molar-refractivity contribution in [1.82, 2.24) is 19.7 Å². The molecule has 0 aromatic carbocycles. The van der Waals surface area contributed by atoms with E-state index in [1.165, 1.54) is 19.4 Å². The third kappa shape index (κ3) is 6.60. The number of carbonyl (C=O) groups is 1. The van der Waals surface area contributed by atoms with Crippen molar-refractivity contribution in [3.63, 3.8) is 0 Å². The van der Waals surface area contributed by atoms with Crippen LogP contribution in [-0.2, 0) is 22.4 Å². The van der Waals surface area contributed by atoms with Crippen LogP contribution >= 0.6 is 0 Å². The molecule has 0 radical (unpaired) electrons. The molecule has 1 N–H and O–H groups in total. The number of anilines is 1. The lowest BCUT2D eigenvalue weighted by Gasteiger charge is -2.17. The Balaban J connectivity index is 2.34. The van der Waals surface area contributed by atoms with Gasteiger partial charge >= 0.3 is 6.18 Å². The van der Waals surface area contributed by atoms with Crippen LogP contribution in [-0.4, -0.2) is 61.0 Å². The highest BCUT2D eigenvalue weighted by Gasteiger charge is 2.38. The van der Waals surface area contributed by atoms with Crippen molar-refractivity contribution in [2.24, 2.45) is 0 Å². The Bertz CT molecular complexity index is 853. The molecule has 8 nitrogen and oxygen atoms in total. The van der Waals surface area contributed by atoms with Crippen molar-refractivity contribution in [2.45, 2.75) is 38.6 Å². The Morgan fingerprint density at radius 1 is 1.23 bits per heavy atom. The molecule has 0 fully saturated rings. The molecule has 0 saturated carbocycles. The molecular formula is C18H26F3N5O3Si. The largest absolute Gasteiger partial charge is 0.451 e. The molecule has 2 rings (SSSR count). The second kappa shape index (κ2) is 10.1. The molecule has 0 saturated heterocycles. The van der Waals surface area contributed by atoms with Crippen molar-refractivity contribution in [1.29, 1.82) is 0 Å². The molecule has 2 aromatic heterocycles. The van der Waals surface area contributed by atoms with Crippen molar-refractivity contribution in [2.75, 3.05) is 32.2 Å². The smallest absolute Gasteiger partial charge is 0.383 e. The first-order chi connectivity index (χ1) is 14.1. The number of alkyl halides is 3. The van der Waals surface area contributed by atoms with Crippen LogP contribution in [0.2, 0.25) is 25.7 Å². The summed E-state index contributed by atoms with van der Waals surface area (Å²) in [6, 6.07) is 2.32. The van der Waals surface area contributed by atoms with Gasteiger partial charge in [0.1, 0.15) is 12.4 Å². The summed E-state index contributed by atoms with van der Waals surface area (Å²) in [5.41, 5.74) is 0.767. The number of rotatable bonds is 11. The maximum Gasteiger partial charge on any atom is 0.451 e. The highest BCUT2D eigenvalue weighted by Crippen LogP contribution is 2.31. The second-order valence-electron chi connectivity index (χ2n) is 7.82. The van der Waals surface area contributed by atoms with E-state index < -0.39 is 20.1 Å². The van der Waals surface area contributed by atoms with Gasteiger partial charge in [0.25, 0.3) is 0 Å². The van der Waals surface area contributed by atoms with Gasteiger partial charge in [-0.25, -0.2) is 0 Å². The summed E-state index contributed by atoms with van der Waals surface area (Å²) < 4.78 is 51.6. The first-order valence-electron chi connectivity index (χ1n) is 9.33. The summed E-state index contributed by atoms with van der Waals surface area (Å²) >= 11 is 0. The summed E-state index contributed by atoms with van der Waals surface area (Å²) in [4.78, 5) is 15.3. The number of carbonyl (C=O) groups excluding carboxylic acids is 1. The van der Waals surface area contributed by atoms with E-state index in [-0.39, 0.29) is 23.8 Å². The molecule has 0 aliphatic carbocycles. The first kappa shape index (κ1) is 24.0. The lowest BCUT2D eigenvalue weighted by Crippen LogP contribution is -2.23. The summed E-state index contributed by atoms with van der Waals surface area (Å²) in [5, 5.41) is 10.0. The average molecular weight is 446 g/mol. The number of aldehydes is 1. The number of methoxy groups -OCH3 is 1. The van der Waals surface area contributed by atoms with Gasteiger partial charge in [-0.1, -0.05) is 19.6 Å². The van der Waals surface area contributed by atoms with Crippen molar-refractivity contribution in [3.05, 3.63) is 23.8 Å². The van der Waals surface area contributed by atoms with Gasteiger partial charge in [-0.05, 0) is 12.1 Å². The lowest BCUT2D eigenvalue weighted by molar-refractivity contribution is -0.149. The molecule has 0 bridgehead atoms. The topological polar surface area (TPSA) is 91.2 Å². The van der Waals surface area contributed by atoms with Gasteiger partial charge in [-0.3, -0.25) is 14.3 Å². The fourth-order valence-corrected chi connectivity index (χ4v) is 3.26. The van der Waals surface area contributed by atoms with Gasteiger partial charge in [0, 0.05) is 40.1 Å². The van der Waals surface area contributed by atoms with E-state index in [2.05, 4.69) is 40.1 Å². The van der Waals surface area contributed by atoms with E-state index in [9.17, 15) is 18.0 Å². The summed E-state index contributed by atoms with van der Waals surface area (Å²) in [6.07, 6.45) is -2.85. The molecule has 2 aromatic rings. The molecular weight excluding hydrogens is 419 g/mol. The fraction of sp³-hybridized carbons (Fsp3) is 0.556. The number of nitrogens with one attached hydrogen (secondary N) is 1. The van der Waals surface area contributed by atoms with Gasteiger partial charge in [0.15, 0.2) is 12.1 Å². The van der Waals surface area contributed by atoms with E-state index in [0.29, 0.717) is 31.7 Å². The third-order valence-electron chi connectivity index (χ3n) is 4.13. The predicted molar refractivity (Wildman–Crippen MR) is 108 cm³/mol. The van der Waals surface area contributed by atoms with E-state index in [0.717, 1.165) is 10.6 Å². The summed E-state index contributed by atoms with van der Waals surface area (Å²) in [6.45, 7) is 7.23. The zero-order valence-electron chi connectivity index (χ0n) is 17.4. The van der Waals surface area contributed by atoms with Crippen LogP contribution in [0.15, 0.2) is 12.3 Å². The molecule has 30 heavy (non-hydrogen) atoms. The molecule has 0 unspecified atom stereocenters. The SMILES string of the molecule is COCCNc1cc(-c2nnc(C(F)(F)F)n2COCC[Si](C)(C)C)cnc1C=O. The zero-order chi connectivity index (χ0) is 22.4. The molecule has 2 heterocycles. The molecule has 12 heteroatoms. The molecule has 0 aliphatic rings. The van der Waals surface area contributed by atoms with E-state index in [1.54, 1.807) is 0 Å². The van der Waals surface area contributed by atoms with Crippen molar-refractivity contribution in [3.8, 4) is 11.4 Å². The van der Waals surface area contributed by atoms with Crippen molar-refractivity contribution >= 4 is 20.0 Å². The average Bonchev–Trinajstić information content (AvgIpc) is 3.09. The number of aromatic nitrogens is 4. The molecule has 0 aliphatic heterocycles. The van der Waals surface area contributed by atoms with Gasteiger partial charge in [-0.15, -0.1) is 10.2 Å². The minimum absolute atomic E-state index is 0.0462. The maximum absolute atomic E-state index is 13.4. The Kier molecular flexibility index (Phi) is 8.09. The summed E-state index contributed by atoms with van der Waals surface area (Å²) in [5.74, 6) is -1.20.